The highest BCUT2D eigenvalue weighted by Gasteiger charge is 2.26. The van der Waals surface area contributed by atoms with Crippen molar-refractivity contribution in [1.82, 2.24) is 0 Å². The van der Waals surface area contributed by atoms with Crippen molar-refractivity contribution in [1.29, 1.82) is 0 Å². The Bertz CT molecular complexity index is 1740. The molecule has 0 fully saturated rings. The van der Waals surface area contributed by atoms with Gasteiger partial charge in [-0.2, -0.15) is 16.8 Å². The van der Waals surface area contributed by atoms with Gasteiger partial charge < -0.3 is 15.3 Å². The number of fused-ring (bicyclic) bond motifs is 1. The summed E-state index contributed by atoms with van der Waals surface area (Å²) < 4.78 is 92.8. The second-order valence-corrected chi connectivity index (χ2v) is 11.4. The van der Waals surface area contributed by atoms with Crippen LogP contribution in [-0.4, -0.2) is 61.6 Å². The molecule has 186 valence electrons. The van der Waals surface area contributed by atoms with E-state index in [-0.39, 0.29) is 10.8 Å². The largest absolute Gasteiger partial charge is 0.507 e. The summed E-state index contributed by atoms with van der Waals surface area (Å²) in [5, 5.41) is 27.8. The molecule has 3 aromatic carbocycles. The van der Waals surface area contributed by atoms with Gasteiger partial charge in [-0.25, -0.2) is 18.0 Å². The number of anilines is 1. The first-order valence-electron chi connectivity index (χ1n) is 8.81. The van der Waals surface area contributed by atoms with E-state index in [2.05, 4.69) is 0 Å². The van der Waals surface area contributed by atoms with Crippen LogP contribution in [0.3, 0.4) is 0 Å². The van der Waals surface area contributed by atoms with Crippen molar-refractivity contribution in [3.05, 3.63) is 53.6 Å². The highest BCUT2D eigenvalue weighted by molar-refractivity contribution is 7.93. The highest BCUT2D eigenvalue weighted by atomic mass is 32.2. The van der Waals surface area contributed by atoms with Gasteiger partial charge in [-0.3, -0.25) is 13.8 Å². The van der Waals surface area contributed by atoms with Crippen molar-refractivity contribution in [3.63, 3.8) is 0 Å². The van der Waals surface area contributed by atoms with Crippen LogP contribution >= 0.6 is 0 Å². The normalized spacial score (nSPS) is 12.4. The number of carboxylic acid groups (broad SMARTS) is 2. The molecule has 35 heavy (non-hydrogen) atoms. The van der Waals surface area contributed by atoms with E-state index in [9.17, 15) is 54.2 Å². The zero-order chi connectivity index (χ0) is 26.5. The summed E-state index contributed by atoms with van der Waals surface area (Å²) in [4.78, 5) is 19.8. The van der Waals surface area contributed by atoms with Crippen LogP contribution in [0.25, 0.3) is 10.8 Å². The number of phenols is 1. The summed E-state index contributed by atoms with van der Waals surface area (Å²) in [6, 6.07) is 4.66. The number of aromatic hydroxyl groups is 1. The average Bonchev–Trinajstić information content (AvgIpc) is 2.71. The van der Waals surface area contributed by atoms with Gasteiger partial charge >= 0.3 is 11.9 Å². The molecule has 0 saturated heterocycles. The first-order valence-corrected chi connectivity index (χ1v) is 13.2. The van der Waals surface area contributed by atoms with Crippen molar-refractivity contribution in [2.75, 3.05) is 4.72 Å². The maximum Gasteiger partial charge on any atom is 0.336 e. The van der Waals surface area contributed by atoms with E-state index >= 15 is 0 Å². The van der Waals surface area contributed by atoms with Gasteiger partial charge in [0, 0.05) is 11.5 Å². The van der Waals surface area contributed by atoms with E-state index in [0.717, 1.165) is 18.2 Å². The highest BCUT2D eigenvalue weighted by Crippen LogP contribution is 2.35. The van der Waals surface area contributed by atoms with Crippen LogP contribution in [0, 0.1) is 0 Å². The molecule has 3 rings (SSSR count). The number of hydrogen-bond donors (Lipinski definition) is 6. The summed E-state index contributed by atoms with van der Waals surface area (Å²) in [7, 11) is -14.8. The Morgan fingerprint density at radius 2 is 1.31 bits per heavy atom. The van der Waals surface area contributed by atoms with Crippen molar-refractivity contribution >= 4 is 58.7 Å². The Kier molecular flexibility index (Phi) is 6.25. The Morgan fingerprint density at radius 3 is 1.83 bits per heavy atom. The third-order valence-electron chi connectivity index (χ3n) is 4.59. The van der Waals surface area contributed by atoms with Gasteiger partial charge in [-0.1, -0.05) is 0 Å². The molecular weight excluding hydrogens is 534 g/mol. The lowest BCUT2D eigenvalue weighted by atomic mass is 10.1. The molecular formula is C18H13NO13S3. The molecule has 0 aliphatic rings. The second kappa shape index (κ2) is 8.47. The number of rotatable bonds is 7. The number of phenolic OH excluding ortho intramolecular Hbond substituents is 1. The monoisotopic (exact) mass is 547 g/mol. The minimum absolute atomic E-state index is 0.296. The fourth-order valence-corrected chi connectivity index (χ4v) is 5.41. The SMILES string of the molecule is O=C(O)c1ccc(S(=O)(=O)Nc2cc3c(O)cc(S(=O)(=O)O)cc3cc2S(=O)(=O)O)cc1C(=O)O. The Hall–Kier alpha value is -3.77. The van der Waals surface area contributed by atoms with E-state index < -0.39 is 79.4 Å². The van der Waals surface area contributed by atoms with E-state index in [1.807, 2.05) is 0 Å². The van der Waals surface area contributed by atoms with E-state index in [4.69, 9.17) is 5.11 Å². The van der Waals surface area contributed by atoms with Crippen molar-refractivity contribution in [2.45, 2.75) is 14.7 Å². The van der Waals surface area contributed by atoms with Crippen molar-refractivity contribution < 1.29 is 59.3 Å². The Balaban J connectivity index is 2.24. The van der Waals surface area contributed by atoms with Gasteiger partial charge in [0.15, 0.2) is 0 Å². The molecule has 0 saturated carbocycles. The third-order valence-corrected chi connectivity index (χ3v) is 7.67. The molecule has 0 bridgehead atoms. The Labute approximate surface area is 196 Å². The zero-order valence-corrected chi connectivity index (χ0v) is 19.2. The van der Waals surface area contributed by atoms with Gasteiger partial charge in [-0.15, -0.1) is 0 Å². The van der Waals surface area contributed by atoms with E-state index in [1.165, 1.54) is 0 Å². The van der Waals surface area contributed by atoms with Gasteiger partial charge in [0.05, 0.1) is 26.6 Å². The lowest BCUT2D eigenvalue weighted by molar-refractivity contribution is 0.0651. The van der Waals surface area contributed by atoms with Crippen LogP contribution in [0.1, 0.15) is 20.7 Å². The molecule has 3 aromatic rings. The first-order chi connectivity index (χ1) is 15.9. The summed E-state index contributed by atoms with van der Waals surface area (Å²) >= 11 is 0. The molecule has 0 unspecified atom stereocenters. The van der Waals surface area contributed by atoms with Crippen LogP contribution in [0.4, 0.5) is 5.69 Å². The minimum atomic E-state index is -5.17. The topological polar surface area (TPSA) is 250 Å². The number of hydrogen-bond acceptors (Lipinski definition) is 9. The molecule has 0 aromatic heterocycles. The predicted molar refractivity (Wildman–Crippen MR) is 116 cm³/mol. The van der Waals surface area contributed by atoms with Crippen LogP contribution < -0.4 is 4.72 Å². The molecule has 0 radical (unpaired) electrons. The molecule has 17 heteroatoms. The second-order valence-electron chi connectivity index (χ2n) is 6.89. The first kappa shape index (κ1) is 25.8. The quantitative estimate of drug-likeness (QED) is 0.228. The molecule has 0 aliphatic carbocycles. The summed E-state index contributed by atoms with van der Waals surface area (Å²) in [6.45, 7) is 0. The standard InChI is InChI=1S/C18H13NO13S3/c20-15-6-10(34(27,28)29)3-8-4-16(35(30,31)32)14(7-12(8)15)19-33(25,26)9-1-2-11(17(21)22)13(5-9)18(23)24/h1-7,19-20H,(H,21,22)(H,23,24)(H,27,28,29)(H,30,31,32). The number of benzene rings is 3. The lowest BCUT2D eigenvalue weighted by Crippen LogP contribution is -2.17. The fraction of sp³-hybridized carbons (Fsp3) is 0. The number of aromatic carboxylic acids is 2. The van der Waals surface area contributed by atoms with Crippen LogP contribution in [0.2, 0.25) is 0 Å². The fourth-order valence-electron chi connectivity index (χ4n) is 3.04. The third kappa shape index (κ3) is 5.17. The predicted octanol–water partition coefficient (Wildman–Crippen LogP) is 1.24. The molecule has 0 amide bonds. The molecule has 0 spiro atoms. The summed E-state index contributed by atoms with van der Waals surface area (Å²) in [5.41, 5.74) is -2.43. The number of carboxylic acids is 2. The maximum atomic E-state index is 12.8. The van der Waals surface area contributed by atoms with Crippen LogP contribution in [-0.2, 0) is 30.3 Å². The van der Waals surface area contributed by atoms with E-state index in [1.54, 1.807) is 4.72 Å². The van der Waals surface area contributed by atoms with Crippen molar-refractivity contribution in [2.24, 2.45) is 0 Å². The molecule has 0 aliphatic heterocycles. The average molecular weight is 547 g/mol. The van der Waals surface area contributed by atoms with Crippen LogP contribution in [0.5, 0.6) is 5.75 Å². The minimum Gasteiger partial charge on any atom is -0.507 e. The van der Waals surface area contributed by atoms with Gasteiger partial charge in [0.1, 0.15) is 10.6 Å². The van der Waals surface area contributed by atoms with Gasteiger partial charge in [0.25, 0.3) is 30.3 Å². The number of nitrogens with one attached hydrogen (secondary N) is 1. The molecule has 0 atom stereocenters. The van der Waals surface area contributed by atoms with E-state index in [0.29, 0.717) is 24.3 Å². The van der Waals surface area contributed by atoms with Gasteiger partial charge in [-0.05, 0) is 41.8 Å². The number of carbonyl (C=O) groups is 2. The molecule has 14 nitrogen and oxygen atoms in total. The maximum absolute atomic E-state index is 12.8. The van der Waals surface area contributed by atoms with Gasteiger partial charge in [0.2, 0.25) is 0 Å². The number of sulfonamides is 1. The van der Waals surface area contributed by atoms with Crippen LogP contribution in [0.15, 0.2) is 57.2 Å². The zero-order valence-electron chi connectivity index (χ0n) is 16.8. The molecule has 0 heterocycles. The summed E-state index contributed by atoms with van der Waals surface area (Å²) in [5.74, 6) is -4.22. The summed E-state index contributed by atoms with van der Waals surface area (Å²) in [6.07, 6.45) is 0. The smallest absolute Gasteiger partial charge is 0.336 e. The lowest BCUT2D eigenvalue weighted by Gasteiger charge is -2.14. The molecule has 6 N–H and O–H groups in total. The van der Waals surface area contributed by atoms with Crippen molar-refractivity contribution in [3.8, 4) is 5.75 Å². The Morgan fingerprint density at radius 1 is 0.714 bits per heavy atom.